The van der Waals surface area contributed by atoms with E-state index in [-0.39, 0.29) is 18.2 Å². The number of rotatable bonds is 4. The maximum Gasteiger partial charge on any atom is 0.182 e. The van der Waals surface area contributed by atoms with Gasteiger partial charge in [-0.15, -0.1) is 0 Å². The van der Waals surface area contributed by atoms with E-state index in [1.165, 1.54) is 6.33 Å². The molecule has 2 aromatic rings. The molecule has 2 aromatic heterocycles. The average Bonchev–Trinajstić information content (AvgIpc) is 2.84. The number of nitrogens with two attached hydrogens (primary N) is 1. The summed E-state index contributed by atoms with van der Waals surface area (Å²) in [7, 11) is 0. The zero-order valence-corrected chi connectivity index (χ0v) is 10.1. The summed E-state index contributed by atoms with van der Waals surface area (Å²) in [6, 6.07) is 0.181. The predicted octanol–water partition coefficient (Wildman–Crippen LogP) is 0.269. The molecule has 0 spiro atoms. The van der Waals surface area contributed by atoms with Crippen molar-refractivity contribution in [3.05, 3.63) is 12.7 Å². The summed E-state index contributed by atoms with van der Waals surface area (Å²) < 4.78 is 5.61. The Morgan fingerprint density at radius 2 is 2.39 bits per heavy atom. The highest BCUT2D eigenvalue weighted by molar-refractivity contribution is 5.82. The van der Waals surface area contributed by atoms with Gasteiger partial charge in [0.15, 0.2) is 11.5 Å². The standard InChI is InChI=1S/C11H16N6O/c1-2-18-7-3-6(12)8(7)17-11-9-10(14-4-13-9)15-5-16-11/h4-8H,2-3,12H2,1H3,(H2,13,14,15,16,17). The summed E-state index contributed by atoms with van der Waals surface area (Å²) in [5.74, 6) is 0.724. The van der Waals surface area contributed by atoms with E-state index in [0.717, 1.165) is 17.8 Å². The van der Waals surface area contributed by atoms with Gasteiger partial charge in [0.05, 0.1) is 18.5 Å². The highest BCUT2D eigenvalue weighted by Crippen LogP contribution is 2.27. The van der Waals surface area contributed by atoms with E-state index in [0.29, 0.717) is 12.3 Å². The fraction of sp³-hybridized carbons (Fsp3) is 0.545. The maximum atomic E-state index is 6.00. The number of nitrogens with zero attached hydrogens (tertiary/aromatic N) is 3. The summed E-state index contributed by atoms with van der Waals surface area (Å²) in [6.07, 6.45) is 4.12. The molecule has 0 saturated heterocycles. The van der Waals surface area contributed by atoms with E-state index >= 15 is 0 Å². The molecule has 96 valence electrons. The molecule has 0 aliphatic heterocycles. The Bertz CT molecular complexity index is 539. The third-order valence-corrected chi connectivity index (χ3v) is 3.27. The van der Waals surface area contributed by atoms with Crippen LogP contribution in [0.15, 0.2) is 12.7 Å². The van der Waals surface area contributed by atoms with Gasteiger partial charge in [-0.05, 0) is 13.3 Å². The van der Waals surface area contributed by atoms with Crippen molar-refractivity contribution < 1.29 is 4.74 Å². The lowest BCUT2D eigenvalue weighted by atomic mass is 9.83. The van der Waals surface area contributed by atoms with Gasteiger partial charge in [-0.2, -0.15) is 0 Å². The second kappa shape index (κ2) is 4.51. The lowest BCUT2D eigenvalue weighted by Gasteiger charge is -2.42. The van der Waals surface area contributed by atoms with Crippen LogP contribution in [-0.4, -0.2) is 44.7 Å². The Kier molecular flexibility index (Phi) is 2.85. The van der Waals surface area contributed by atoms with Crippen molar-refractivity contribution in [1.82, 2.24) is 19.9 Å². The Morgan fingerprint density at radius 1 is 1.50 bits per heavy atom. The predicted molar refractivity (Wildman–Crippen MR) is 67.1 cm³/mol. The number of hydrogen-bond donors (Lipinski definition) is 3. The van der Waals surface area contributed by atoms with Crippen molar-refractivity contribution in [3.8, 4) is 0 Å². The van der Waals surface area contributed by atoms with Gasteiger partial charge >= 0.3 is 0 Å². The van der Waals surface area contributed by atoms with Crippen LogP contribution in [0.4, 0.5) is 5.82 Å². The molecule has 18 heavy (non-hydrogen) atoms. The van der Waals surface area contributed by atoms with Crippen LogP contribution < -0.4 is 11.1 Å². The summed E-state index contributed by atoms with van der Waals surface area (Å²) in [5.41, 5.74) is 7.44. The molecule has 3 unspecified atom stereocenters. The van der Waals surface area contributed by atoms with Crippen LogP contribution >= 0.6 is 0 Å². The van der Waals surface area contributed by atoms with Gasteiger partial charge in [0, 0.05) is 12.6 Å². The molecule has 7 nitrogen and oxygen atoms in total. The lowest BCUT2D eigenvalue weighted by Crippen LogP contribution is -2.60. The quantitative estimate of drug-likeness (QED) is 0.718. The van der Waals surface area contributed by atoms with E-state index in [1.54, 1.807) is 6.33 Å². The van der Waals surface area contributed by atoms with Crippen LogP contribution in [-0.2, 0) is 4.74 Å². The van der Waals surface area contributed by atoms with Crippen LogP contribution in [0.3, 0.4) is 0 Å². The van der Waals surface area contributed by atoms with Crippen molar-refractivity contribution in [1.29, 1.82) is 0 Å². The Balaban J connectivity index is 1.81. The van der Waals surface area contributed by atoms with Crippen LogP contribution in [0.5, 0.6) is 0 Å². The summed E-state index contributed by atoms with van der Waals surface area (Å²) >= 11 is 0. The molecular weight excluding hydrogens is 232 g/mol. The molecule has 7 heteroatoms. The molecule has 3 rings (SSSR count). The SMILES string of the molecule is CCOC1CC(N)C1Nc1ncnc2nc[nH]c12. The molecule has 1 fully saturated rings. The number of ether oxygens (including phenoxy) is 1. The van der Waals surface area contributed by atoms with Crippen molar-refractivity contribution in [2.24, 2.45) is 5.73 Å². The van der Waals surface area contributed by atoms with Gasteiger partial charge in [0.2, 0.25) is 0 Å². The molecule has 1 aliphatic rings. The van der Waals surface area contributed by atoms with Crippen LogP contribution in [0.2, 0.25) is 0 Å². The number of imidazole rings is 1. The molecule has 4 N–H and O–H groups in total. The molecule has 1 saturated carbocycles. The minimum Gasteiger partial charge on any atom is -0.376 e. The van der Waals surface area contributed by atoms with Crippen LogP contribution in [0.25, 0.3) is 11.2 Å². The minimum atomic E-state index is 0.0892. The van der Waals surface area contributed by atoms with Gasteiger partial charge in [-0.25, -0.2) is 15.0 Å². The third-order valence-electron chi connectivity index (χ3n) is 3.27. The second-order valence-electron chi connectivity index (χ2n) is 4.39. The van der Waals surface area contributed by atoms with Gasteiger partial charge in [0.25, 0.3) is 0 Å². The number of fused-ring (bicyclic) bond motifs is 1. The molecule has 3 atom stereocenters. The zero-order valence-electron chi connectivity index (χ0n) is 10.1. The first kappa shape index (κ1) is 11.4. The van der Waals surface area contributed by atoms with Crippen molar-refractivity contribution in [3.63, 3.8) is 0 Å². The van der Waals surface area contributed by atoms with Gasteiger partial charge in [-0.1, -0.05) is 0 Å². The van der Waals surface area contributed by atoms with Crippen LogP contribution in [0, 0.1) is 0 Å². The summed E-state index contributed by atoms with van der Waals surface area (Å²) in [5, 5.41) is 3.32. The van der Waals surface area contributed by atoms with E-state index in [2.05, 4.69) is 25.3 Å². The maximum absolute atomic E-state index is 6.00. The highest BCUT2D eigenvalue weighted by atomic mass is 16.5. The highest BCUT2D eigenvalue weighted by Gasteiger charge is 2.39. The Hall–Kier alpha value is -1.73. The Labute approximate surface area is 104 Å². The molecule has 0 amide bonds. The molecule has 0 radical (unpaired) electrons. The topological polar surface area (TPSA) is 102 Å². The first-order chi connectivity index (χ1) is 8.79. The van der Waals surface area contributed by atoms with Crippen LogP contribution in [0.1, 0.15) is 13.3 Å². The number of H-pyrrole nitrogens is 1. The fourth-order valence-electron chi connectivity index (χ4n) is 2.26. The number of aromatic nitrogens is 4. The van der Waals surface area contributed by atoms with Crippen molar-refractivity contribution in [2.45, 2.75) is 31.5 Å². The minimum absolute atomic E-state index is 0.0892. The second-order valence-corrected chi connectivity index (χ2v) is 4.39. The van der Waals surface area contributed by atoms with E-state index in [9.17, 15) is 0 Å². The fourth-order valence-corrected chi connectivity index (χ4v) is 2.26. The monoisotopic (exact) mass is 248 g/mol. The third kappa shape index (κ3) is 1.81. The molecule has 2 heterocycles. The number of anilines is 1. The van der Waals surface area contributed by atoms with E-state index in [1.807, 2.05) is 6.92 Å². The van der Waals surface area contributed by atoms with Gasteiger partial charge < -0.3 is 20.8 Å². The number of nitrogens with one attached hydrogen (secondary N) is 2. The average molecular weight is 248 g/mol. The summed E-state index contributed by atoms with van der Waals surface area (Å²) in [4.78, 5) is 15.4. The van der Waals surface area contributed by atoms with Gasteiger partial charge in [-0.3, -0.25) is 0 Å². The lowest BCUT2D eigenvalue weighted by molar-refractivity contribution is -0.0126. The Morgan fingerprint density at radius 3 is 3.17 bits per heavy atom. The van der Waals surface area contributed by atoms with Crippen molar-refractivity contribution >= 4 is 17.0 Å². The normalized spacial score (nSPS) is 27.1. The number of hydrogen-bond acceptors (Lipinski definition) is 6. The number of aromatic amines is 1. The molecule has 1 aliphatic carbocycles. The van der Waals surface area contributed by atoms with E-state index < -0.39 is 0 Å². The smallest absolute Gasteiger partial charge is 0.182 e. The molecule has 0 bridgehead atoms. The first-order valence-corrected chi connectivity index (χ1v) is 6.07. The summed E-state index contributed by atoms with van der Waals surface area (Å²) in [6.45, 7) is 2.68. The largest absolute Gasteiger partial charge is 0.376 e. The zero-order chi connectivity index (χ0) is 12.5. The van der Waals surface area contributed by atoms with E-state index in [4.69, 9.17) is 10.5 Å². The van der Waals surface area contributed by atoms with Gasteiger partial charge in [0.1, 0.15) is 11.8 Å². The van der Waals surface area contributed by atoms with Crippen molar-refractivity contribution in [2.75, 3.05) is 11.9 Å². The molecular formula is C11H16N6O. The molecule has 0 aromatic carbocycles. The first-order valence-electron chi connectivity index (χ1n) is 6.07.